The minimum Gasteiger partial charge on any atom is -0.369 e. The highest BCUT2D eigenvalue weighted by molar-refractivity contribution is 5.85. The van der Waals surface area contributed by atoms with E-state index in [0.29, 0.717) is 5.95 Å². The second-order valence-corrected chi connectivity index (χ2v) is 5.60. The van der Waals surface area contributed by atoms with Crippen LogP contribution in [0.3, 0.4) is 0 Å². The van der Waals surface area contributed by atoms with Gasteiger partial charge in [-0.1, -0.05) is 47.2 Å². The zero-order valence-corrected chi connectivity index (χ0v) is 14.3. The third-order valence-electron chi connectivity index (χ3n) is 3.51. The van der Waals surface area contributed by atoms with Crippen LogP contribution in [0.4, 0.5) is 5.95 Å². The fraction of sp³-hybridized carbons (Fsp3) is 0.235. The number of H-pyrrole nitrogens is 1. The van der Waals surface area contributed by atoms with Crippen LogP contribution in [-0.2, 0) is 19.4 Å². The molecule has 0 spiro atoms. The van der Waals surface area contributed by atoms with E-state index in [-0.39, 0.29) is 12.4 Å². The Kier molecular flexibility index (Phi) is 6.14. The Hall–Kier alpha value is -2.60. The maximum atomic E-state index is 5.56. The van der Waals surface area contributed by atoms with Crippen LogP contribution >= 0.6 is 12.4 Å². The van der Waals surface area contributed by atoms with Crippen LogP contribution < -0.4 is 5.73 Å². The minimum absolute atomic E-state index is 0. The van der Waals surface area contributed by atoms with Gasteiger partial charge in [0.05, 0.1) is 18.4 Å². The summed E-state index contributed by atoms with van der Waals surface area (Å²) in [6.45, 7) is 2.83. The highest BCUT2D eigenvalue weighted by Gasteiger charge is 2.04. The Morgan fingerprint density at radius 1 is 1.25 bits per heavy atom. The van der Waals surface area contributed by atoms with E-state index < -0.39 is 0 Å². The van der Waals surface area contributed by atoms with Crippen molar-refractivity contribution in [1.29, 1.82) is 0 Å². The summed E-state index contributed by atoms with van der Waals surface area (Å²) in [5.41, 5.74) is 9.97. The largest absolute Gasteiger partial charge is 0.369 e. The molecule has 0 aliphatic heterocycles. The summed E-state index contributed by atoms with van der Waals surface area (Å²) in [5.74, 6) is 0.449. The average Bonchev–Trinajstić information content (AvgIpc) is 3.15. The van der Waals surface area contributed by atoms with Gasteiger partial charge in [-0.3, -0.25) is 0 Å². The minimum atomic E-state index is 0. The van der Waals surface area contributed by atoms with Crippen molar-refractivity contribution in [3.63, 3.8) is 0 Å². The van der Waals surface area contributed by atoms with Crippen LogP contribution in [0, 0.1) is 0 Å². The molecule has 7 heteroatoms. The maximum Gasteiger partial charge on any atom is 0.197 e. The molecule has 0 unspecified atom stereocenters. The molecule has 1 aromatic carbocycles. The summed E-state index contributed by atoms with van der Waals surface area (Å²) >= 11 is 0. The summed E-state index contributed by atoms with van der Waals surface area (Å²) in [6.07, 6.45) is 7.54. The van der Waals surface area contributed by atoms with Crippen molar-refractivity contribution in [2.45, 2.75) is 26.3 Å². The highest BCUT2D eigenvalue weighted by atomic mass is 35.5. The molecule has 0 atom stereocenters. The van der Waals surface area contributed by atoms with Gasteiger partial charge in [0.25, 0.3) is 0 Å². The van der Waals surface area contributed by atoms with Crippen LogP contribution in [0.15, 0.2) is 48.3 Å². The van der Waals surface area contributed by atoms with Gasteiger partial charge in [0.1, 0.15) is 0 Å². The van der Waals surface area contributed by atoms with Crippen molar-refractivity contribution in [2.75, 3.05) is 5.73 Å². The van der Waals surface area contributed by atoms with Crippen LogP contribution in [-0.4, -0.2) is 25.0 Å². The molecule has 0 saturated carbocycles. The molecule has 3 N–H and O–H groups in total. The van der Waals surface area contributed by atoms with Gasteiger partial charge in [-0.2, -0.15) is 0 Å². The van der Waals surface area contributed by atoms with Gasteiger partial charge >= 0.3 is 0 Å². The molecule has 0 radical (unpaired) electrons. The third kappa shape index (κ3) is 4.96. The lowest BCUT2D eigenvalue weighted by Crippen LogP contribution is -1.99. The molecule has 24 heavy (non-hydrogen) atoms. The number of nitrogen functional groups attached to an aromatic ring is 1. The molecule has 0 fully saturated rings. The van der Waals surface area contributed by atoms with E-state index in [2.05, 4.69) is 45.4 Å². The Morgan fingerprint density at radius 2 is 2.04 bits per heavy atom. The van der Waals surface area contributed by atoms with E-state index in [1.807, 2.05) is 29.1 Å². The lowest BCUT2D eigenvalue weighted by Gasteiger charge is -2.01. The van der Waals surface area contributed by atoms with Crippen LogP contribution in [0.5, 0.6) is 0 Å². The Labute approximate surface area is 147 Å². The third-order valence-corrected chi connectivity index (χ3v) is 3.51. The summed E-state index contributed by atoms with van der Waals surface area (Å²) < 4.78 is 1.87. The number of allylic oxidation sites excluding steroid dienone is 1. The second-order valence-electron chi connectivity index (χ2n) is 5.60. The SMILES string of the molecule is C/C(=C\c1ccccc1)Cn1cc(CCc2cnc(N)[nH]2)nn1.Cl. The highest BCUT2D eigenvalue weighted by Crippen LogP contribution is 2.09. The van der Waals surface area contributed by atoms with Gasteiger partial charge in [0, 0.05) is 11.9 Å². The molecule has 3 aromatic rings. The molecular formula is C17H21ClN6. The molecule has 0 amide bonds. The summed E-state index contributed by atoms with van der Waals surface area (Å²) in [5, 5.41) is 8.41. The van der Waals surface area contributed by atoms with E-state index in [1.165, 1.54) is 11.1 Å². The van der Waals surface area contributed by atoms with Crippen molar-refractivity contribution in [2.24, 2.45) is 0 Å². The lowest BCUT2D eigenvalue weighted by molar-refractivity contribution is 0.643. The number of benzene rings is 1. The number of aryl methyl sites for hydroxylation is 2. The van der Waals surface area contributed by atoms with Crippen LogP contribution in [0.25, 0.3) is 6.08 Å². The number of imidazole rings is 1. The molecule has 126 valence electrons. The predicted molar refractivity (Wildman–Crippen MR) is 97.8 cm³/mol. The van der Waals surface area contributed by atoms with E-state index in [0.717, 1.165) is 30.8 Å². The van der Waals surface area contributed by atoms with E-state index in [1.54, 1.807) is 6.20 Å². The van der Waals surface area contributed by atoms with Gasteiger partial charge in [0.15, 0.2) is 5.95 Å². The van der Waals surface area contributed by atoms with E-state index in [4.69, 9.17) is 5.73 Å². The topological polar surface area (TPSA) is 85.4 Å². The number of rotatable bonds is 6. The first-order valence-electron chi connectivity index (χ1n) is 7.59. The summed E-state index contributed by atoms with van der Waals surface area (Å²) in [4.78, 5) is 7.00. The monoisotopic (exact) mass is 344 g/mol. The Bertz CT molecular complexity index is 790. The number of hydrogen-bond donors (Lipinski definition) is 2. The number of halogens is 1. The molecular weight excluding hydrogens is 324 g/mol. The smallest absolute Gasteiger partial charge is 0.197 e. The van der Waals surface area contributed by atoms with Crippen LogP contribution in [0.1, 0.15) is 23.9 Å². The Morgan fingerprint density at radius 3 is 2.75 bits per heavy atom. The molecule has 0 saturated heterocycles. The number of nitrogens with zero attached hydrogens (tertiary/aromatic N) is 4. The van der Waals surface area contributed by atoms with Crippen molar-refractivity contribution in [1.82, 2.24) is 25.0 Å². The quantitative estimate of drug-likeness (QED) is 0.720. The van der Waals surface area contributed by atoms with Gasteiger partial charge in [-0.05, 0) is 25.3 Å². The zero-order chi connectivity index (χ0) is 16.1. The lowest BCUT2D eigenvalue weighted by atomic mass is 10.1. The summed E-state index contributed by atoms with van der Waals surface area (Å²) in [7, 11) is 0. The fourth-order valence-corrected chi connectivity index (χ4v) is 2.43. The average molecular weight is 345 g/mol. The zero-order valence-electron chi connectivity index (χ0n) is 13.5. The standard InChI is InChI=1S/C17H20N6.ClH/c1-13(9-14-5-3-2-4-6-14)11-23-12-16(21-22-23)8-7-15-10-19-17(18)20-15;/h2-6,9-10,12H,7-8,11H2,1H3,(H3,18,19,20);1H/b13-9+;. The van der Waals surface area contributed by atoms with Crippen molar-refractivity contribution in [3.05, 3.63) is 65.2 Å². The van der Waals surface area contributed by atoms with Gasteiger partial charge in [0.2, 0.25) is 0 Å². The van der Waals surface area contributed by atoms with Crippen molar-refractivity contribution in [3.8, 4) is 0 Å². The number of nitrogens with two attached hydrogens (primary N) is 1. The molecule has 0 bridgehead atoms. The molecule has 0 aliphatic carbocycles. The molecule has 2 aromatic heterocycles. The number of hydrogen-bond acceptors (Lipinski definition) is 4. The number of aromatic nitrogens is 5. The van der Waals surface area contributed by atoms with Gasteiger partial charge < -0.3 is 10.7 Å². The van der Waals surface area contributed by atoms with Gasteiger partial charge in [-0.25, -0.2) is 9.67 Å². The Balaban J connectivity index is 0.00000208. The first-order chi connectivity index (χ1) is 11.2. The number of nitrogens with one attached hydrogen (secondary N) is 1. The van der Waals surface area contributed by atoms with Crippen molar-refractivity contribution >= 4 is 24.4 Å². The first kappa shape index (κ1) is 17.7. The molecule has 2 heterocycles. The van der Waals surface area contributed by atoms with E-state index >= 15 is 0 Å². The molecule has 3 rings (SSSR count). The summed E-state index contributed by atoms with van der Waals surface area (Å²) in [6, 6.07) is 10.3. The van der Waals surface area contributed by atoms with Crippen LogP contribution in [0.2, 0.25) is 0 Å². The fourth-order valence-electron chi connectivity index (χ4n) is 2.43. The van der Waals surface area contributed by atoms with Crippen molar-refractivity contribution < 1.29 is 0 Å². The van der Waals surface area contributed by atoms with Gasteiger partial charge in [-0.15, -0.1) is 17.5 Å². The number of aromatic amines is 1. The second kappa shape index (κ2) is 8.31. The predicted octanol–water partition coefficient (Wildman–Crippen LogP) is 2.89. The number of anilines is 1. The molecule has 6 nitrogen and oxygen atoms in total. The maximum absolute atomic E-state index is 5.56. The first-order valence-corrected chi connectivity index (χ1v) is 7.59. The van der Waals surface area contributed by atoms with E-state index in [9.17, 15) is 0 Å². The normalized spacial score (nSPS) is 11.3. The molecule has 0 aliphatic rings.